The molecule has 2 aromatic carbocycles. The van der Waals surface area contributed by atoms with Gasteiger partial charge in [0.1, 0.15) is 0 Å². The van der Waals surface area contributed by atoms with Crippen LogP contribution in [0.1, 0.15) is 28.4 Å². The number of benzene rings is 2. The van der Waals surface area contributed by atoms with Gasteiger partial charge in [-0.1, -0.05) is 24.3 Å². The molecule has 100 valence electrons. The number of hydrogen-bond acceptors (Lipinski definition) is 3. The summed E-state index contributed by atoms with van der Waals surface area (Å²) >= 11 is 0. The Labute approximate surface area is 118 Å². The predicted octanol–water partition coefficient (Wildman–Crippen LogP) is 3.57. The summed E-state index contributed by atoms with van der Waals surface area (Å²) in [5.41, 5.74) is 3.83. The molecule has 20 heavy (non-hydrogen) atoms. The van der Waals surface area contributed by atoms with Crippen molar-refractivity contribution in [3.63, 3.8) is 0 Å². The van der Waals surface area contributed by atoms with Crippen molar-refractivity contribution >= 4 is 11.5 Å². The minimum absolute atomic E-state index is 0.0657. The van der Waals surface area contributed by atoms with Crippen LogP contribution in [0.3, 0.4) is 0 Å². The Hall–Kier alpha value is -2.60. The molecule has 0 radical (unpaired) electrons. The van der Waals surface area contributed by atoms with Crippen molar-refractivity contribution in [2.45, 2.75) is 19.9 Å². The lowest BCUT2D eigenvalue weighted by atomic mass is 10.1. The maximum Gasteiger partial charge on any atom is 0.159 e. The molecule has 1 N–H and O–H groups in total. The third-order valence-electron chi connectivity index (χ3n) is 3.16. The number of anilines is 1. The molecule has 3 nitrogen and oxygen atoms in total. The minimum Gasteiger partial charge on any atom is -0.381 e. The fourth-order valence-corrected chi connectivity index (χ4v) is 2.01. The summed E-state index contributed by atoms with van der Waals surface area (Å²) in [5.74, 6) is 0.0657. The number of ketones is 1. The second-order valence-corrected chi connectivity index (χ2v) is 4.59. The topological polar surface area (TPSA) is 52.9 Å². The summed E-state index contributed by atoms with van der Waals surface area (Å²) in [4.78, 5) is 11.2. The van der Waals surface area contributed by atoms with Gasteiger partial charge >= 0.3 is 0 Å². The highest BCUT2D eigenvalue weighted by molar-refractivity contribution is 5.94. The summed E-state index contributed by atoms with van der Waals surface area (Å²) in [6.07, 6.45) is 0.418. The molecule has 0 amide bonds. The maximum absolute atomic E-state index is 11.2. The fourth-order valence-electron chi connectivity index (χ4n) is 2.01. The normalized spacial score (nSPS) is 9.80. The van der Waals surface area contributed by atoms with E-state index < -0.39 is 0 Å². The van der Waals surface area contributed by atoms with Gasteiger partial charge < -0.3 is 5.32 Å². The summed E-state index contributed by atoms with van der Waals surface area (Å²) in [6, 6.07) is 17.5. The molecule has 0 aromatic heterocycles. The van der Waals surface area contributed by atoms with Crippen molar-refractivity contribution in [1.82, 2.24) is 0 Å². The van der Waals surface area contributed by atoms with Crippen molar-refractivity contribution in [3.05, 3.63) is 65.2 Å². The second kappa shape index (κ2) is 6.53. The fraction of sp³-hybridized carbons (Fsp3) is 0.176. The Morgan fingerprint density at radius 2 is 1.75 bits per heavy atom. The van der Waals surface area contributed by atoms with E-state index in [1.165, 1.54) is 0 Å². The standard InChI is InChI=1S/C17H16N2O/c1-13(20)14-6-8-17(9-7-14)19-12-16-5-3-2-4-15(16)10-11-18/h2-9,19H,10,12H2,1H3. The molecule has 0 saturated heterocycles. The molecule has 0 aliphatic rings. The molecule has 2 aromatic rings. The van der Waals surface area contributed by atoms with Crippen molar-refractivity contribution < 1.29 is 4.79 Å². The van der Waals surface area contributed by atoms with Crippen LogP contribution >= 0.6 is 0 Å². The number of carbonyl (C=O) groups excluding carboxylic acids is 1. The van der Waals surface area contributed by atoms with E-state index in [0.29, 0.717) is 18.5 Å². The quantitative estimate of drug-likeness (QED) is 0.840. The molecule has 0 heterocycles. The molecule has 3 heteroatoms. The molecule has 0 fully saturated rings. The molecular formula is C17H16N2O. The number of hydrogen-bond donors (Lipinski definition) is 1. The van der Waals surface area contributed by atoms with E-state index in [1.54, 1.807) is 6.92 Å². The van der Waals surface area contributed by atoms with Gasteiger partial charge in [-0.25, -0.2) is 0 Å². The van der Waals surface area contributed by atoms with Crippen LogP contribution < -0.4 is 5.32 Å². The average Bonchev–Trinajstić information content (AvgIpc) is 2.47. The van der Waals surface area contributed by atoms with Gasteiger partial charge in [0.2, 0.25) is 0 Å². The predicted molar refractivity (Wildman–Crippen MR) is 79.5 cm³/mol. The van der Waals surface area contributed by atoms with Crippen LogP contribution in [0, 0.1) is 11.3 Å². The molecule has 0 saturated carbocycles. The third-order valence-corrected chi connectivity index (χ3v) is 3.16. The number of nitrogens with one attached hydrogen (secondary N) is 1. The number of nitriles is 1. The van der Waals surface area contributed by atoms with Gasteiger partial charge in [0.25, 0.3) is 0 Å². The zero-order valence-corrected chi connectivity index (χ0v) is 11.4. The Morgan fingerprint density at radius 1 is 1.10 bits per heavy atom. The van der Waals surface area contributed by atoms with Crippen LogP contribution in [-0.2, 0) is 13.0 Å². The second-order valence-electron chi connectivity index (χ2n) is 4.59. The summed E-state index contributed by atoms with van der Waals surface area (Å²) in [6.45, 7) is 2.22. The van der Waals surface area contributed by atoms with E-state index in [2.05, 4.69) is 11.4 Å². The van der Waals surface area contributed by atoms with Gasteiger partial charge in [0.05, 0.1) is 12.5 Å². The first-order chi connectivity index (χ1) is 9.70. The minimum atomic E-state index is 0.0657. The van der Waals surface area contributed by atoms with E-state index in [0.717, 1.165) is 16.8 Å². The molecule has 0 aliphatic carbocycles. The van der Waals surface area contributed by atoms with Crippen LogP contribution in [0.5, 0.6) is 0 Å². The molecule has 0 bridgehead atoms. The van der Waals surface area contributed by atoms with Crippen molar-refractivity contribution in [2.24, 2.45) is 0 Å². The Balaban J connectivity index is 2.05. The first kappa shape index (κ1) is 13.8. The zero-order chi connectivity index (χ0) is 14.4. The van der Waals surface area contributed by atoms with Gasteiger partial charge in [0, 0.05) is 17.8 Å². The van der Waals surface area contributed by atoms with Gasteiger partial charge in [0.15, 0.2) is 5.78 Å². The number of nitrogens with zero attached hydrogens (tertiary/aromatic N) is 1. The van der Waals surface area contributed by atoms with Crippen molar-refractivity contribution in [2.75, 3.05) is 5.32 Å². The lowest BCUT2D eigenvalue weighted by Gasteiger charge is -2.10. The SMILES string of the molecule is CC(=O)c1ccc(NCc2ccccc2CC#N)cc1. The largest absolute Gasteiger partial charge is 0.381 e. The summed E-state index contributed by atoms with van der Waals surface area (Å²) in [7, 11) is 0. The lowest BCUT2D eigenvalue weighted by Crippen LogP contribution is -2.03. The van der Waals surface area contributed by atoms with Gasteiger partial charge in [-0.3, -0.25) is 4.79 Å². The summed E-state index contributed by atoms with van der Waals surface area (Å²) < 4.78 is 0. The van der Waals surface area contributed by atoms with E-state index in [9.17, 15) is 4.79 Å². The lowest BCUT2D eigenvalue weighted by molar-refractivity contribution is 0.101. The number of Topliss-reactive ketones (excluding diaryl/α,β-unsaturated/α-hetero) is 1. The van der Waals surface area contributed by atoms with Crippen molar-refractivity contribution in [3.8, 4) is 6.07 Å². The van der Waals surface area contributed by atoms with Gasteiger partial charge in [-0.15, -0.1) is 0 Å². The smallest absolute Gasteiger partial charge is 0.159 e. The number of rotatable bonds is 5. The van der Waals surface area contributed by atoms with E-state index in [-0.39, 0.29) is 5.78 Å². The van der Waals surface area contributed by atoms with Crippen LogP contribution in [0.15, 0.2) is 48.5 Å². The van der Waals surface area contributed by atoms with Gasteiger partial charge in [-0.2, -0.15) is 5.26 Å². The molecule has 0 atom stereocenters. The van der Waals surface area contributed by atoms with Crippen molar-refractivity contribution in [1.29, 1.82) is 5.26 Å². The highest BCUT2D eigenvalue weighted by atomic mass is 16.1. The van der Waals surface area contributed by atoms with E-state index in [1.807, 2.05) is 48.5 Å². The van der Waals surface area contributed by atoms with E-state index in [4.69, 9.17) is 5.26 Å². The monoisotopic (exact) mass is 264 g/mol. The highest BCUT2D eigenvalue weighted by Crippen LogP contribution is 2.14. The maximum atomic E-state index is 11.2. The van der Waals surface area contributed by atoms with Gasteiger partial charge in [-0.05, 0) is 42.3 Å². The molecule has 0 unspecified atom stereocenters. The molecule has 0 spiro atoms. The first-order valence-electron chi connectivity index (χ1n) is 6.49. The molecule has 2 rings (SSSR count). The van der Waals surface area contributed by atoms with Crippen LogP contribution in [0.4, 0.5) is 5.69 Å². The van der Waals surface area contributed by atoms with Crippen LogP contribution in [0.25, 0.3) is 0 Å². The first-order valence-corrected chi connectivity index (χ1v) is 6.49. The Morgan fingerprint density at radius 3 is 2.35 bits per heavy atom. The highest BCUT2D eigenvalue weighted by Gasteiger charge is 2.02. The molecule has 0 aliphatic heterocycles. The van der Waals surface area contributed by atoms with Crippen LogP contribution in [-0.4, -0.2) is 5.78 Å². The number of carbonyl (C=O) groups is 1. The zero-order valence-electron chi connectivity index (χ0n) is 11.4. The third kappa shape index (κ3) is 3.46. The van der Waals surface area contributed by atoms with Crippen LogP contribution in [0.2, 0.25) is 0 Å². The molecular weight excluding hydrogens is 248 g/mol. The summed E-state index contributed by atoms with van der Waals surface area (Å²) in [5, 5.41) is 12.1. The Bertz CT molecular complexity index is 639. The Kier molecular flexibility index (Phi) is 4.52. The van der Waals surface area contributed by atoms with E-state index >= 15 is 0 Å². The average molecular weight is 264 g/mol.